The first-order valence-electron chi connectivity index (χ1n) is 5.03. The van der Waals surface area contributed by atoms with Crippen LogP contribution in [-0.4, -0.2) is 10.9 Å². The Labute approximate surface area is 97.8 Å². The Kier molecular flexibility index (Phi) is 3.37. The SMILES string of the molecule is NNc1ccnc(C(=O)NCc2ccco2)c1. The average molecular weight is 232 g/mol. The number of carbonyl (C=O) groups excluding carboxylic acids is 1. The van der Waals surface area contributed by atoms with Gasteiger partial charge in [-0.25, -0.2) is 0 Å². The Morgan fingerprint density at radius 1 is 1.47 bits per heavy atom. The quantitative estimate of drug-likeness (QED) is 0.537. The van der Waals surface area contributed by atoms with Crippen molar-refractivity contribution in [2.45, 2.75) is 6.54 Å². The Morgan fingerprint density at radius 3 is 3.06 bits per heavy atom. The van der Waals surface area contributed by atoms with E-state index in [0.29, 0.717) is 23.7 Å². The number of hydrazine groups is 1. The van der Waals surface area contributed by atoms with Crippen LogP contribution in [0, 0.1) is 0 Å². The summed E-state index contributed by atoms with van der Waals surface area (Å²) in [7, 11) is 0. The fourth-order valence-corrected chi connectivity index (χ4v) is 1.32. The van der Waals surface area contributed by atoms with E-state index in [1.165, 1.54) is 6.20 Å². The highest BCUT2D eigenvalue weighted by molar-refractivity contribution is 5.92. The molecule has 0 saturated carbocycles. The van der Waals surface area contributed by atoms with Gasteiger partial charge in [0.1, 0.15) is 11.5 Å². The molecule has 0 aliphatic heterocycles. The van der Waals surface area contributed by atoms with Gasteiger partial charge in [0.25, 0.3) is 5.91 Å². The van der Waals surface area contributed by atoms with Crippen molar-refractivity contribution in [2.75, 3.05) is 5.43 Å². The summed E-state index contributed by atoms with van der Waals surface area (Å²) in [5.74, 6) is 5.65. The number of nitrogen functional groups attached to an aromatic ring is 1. The third kappa shape index (κ3) is 2.82. The minimum atomic E-state index is -0.279. The summed E-state index contributed by atoms with van der Waals surface area (Å²) in [6.07, 6.45) is 3.07. The monoisotopic (exact) mass is 232 g/mol. The largest absolute Gasteiger partial charge is 0.467 e. The molecular weight excluding hydrogens is 220 g/mol. The maximum Gasteiger partial charge on any atom is 0.270 e. The van der Waals surface area contributed by atoms with E-state index < -0.39 is 0 Å². The number of amides is 1. The number of pyridine rings is 1. The fraction of sp³-hybridized carbons (Fsp3) is 0.0909. The van der Waals surface area contributed by atoms with Crippen molar-refractivity contribution in [3.8, 4) is 0 Å². The molecule has 0 saturated heterocycles. The smallest absolute Gasteiger partial charge is 0.270 e. The number of nitrogens with two attached hydrogens (primary N) is 1. The molecular formula is C11H12N4O2. The molecule has 0 radical (unpaired) electrons. The second-order valence-corrected chi connectivity index (χ2v) is 3.34. The van der Waals surface area contributed by atoms with Crippen LogP contribution in [0.1, 0.15) is 16.2 Å². The summed E-state index contributed by atoms with van der Waals surface area (Å²) in [4.78, 5) is 15.7. The normalized spacial score (nSPS) is 9.94. The lowest BCUT2D eigenvalue weighted by Crippen LogP contribution is -2.23. The molecule has 2 rings (SSSR count). The number of rotatable bonds is 4. The van der Waals surface area contributed by atoms with E-state index in [9.17, 15) is 4.79 Å². The van der Waals surface area contributed by atoms with Crippen molar-refractivity contribution < 1.29 is 9.21 Å². The van der Waals surface area contributed by atoms with Crippen LogP contribution in [0.15, 0.2) is 41.1 Å². The van der Waals surface area contributed by atoms with Crippen molar-refractivity contribution in [2.24, 2.45) is 5.84 Å². The molecule has 0 aliphatic carbocycles. The number of carbonyl (C=O) groups is 1. The Hall–Kier alpha value is -2.34. The third-order valence-electron chi connectivity index (χ3n) is 2.16. The number of nitrogens with one attached hydrogen (secondary N) is 2. The van der Waals surface area contributed by atoms with Crippen LogP contribution in [0.5, 0.6) is 0 Å². The van der Waals surface area contributed by atoms with E-state index in [2.05, 4.69) is 15.7 Å². The topological polar surface area (TPSA) is 93.2 Å². The van der Waals surface area contributed by atoms with Crippen LogP contribution in [0.25, 0.3) is 0 Å². The average Bonchev–Trinajstić information content (AvgIpc) is 2.89. The molecule has 88 valence electrons. The molecule has 17 heavy (non-hydrogen) atoms. The zero-order valence-corrected chi connectivity index (χ0v) is 9.01. The number of furan rings is 1. The van der Waals surface area contributed by atoms with Gasteiger partial charge < -0.3 is 15.2 Å². The number of aromatic nitrogens is 1. The molecule has 0 spiro atoms. The Balaban J connectivity index is 1.99. The van der Waals surface area contributed by atoms with Crippen molar-refractivity contribution in [1.82, 2.24) is 10.3 Å². The number of nitrogens with zero attached hydrogens (tertiary/aromatic N) is 1. The van der Waals surface area contributed by atoms with Crippen molar-refractivity contribution in [3.05, 3.63) is 48.2 Å². The van der Waals surface area contributed by atoms with E-state index in [4.69, 9.17) is 10.3 Å². The van der Waals surface area contributed by atoms with Crippen LogP contribution in [0.3, 0.4) is 0 Å². The van der Waals surface area contributed by atoms with Gasteiger partial charge in [-0.05, 0) is 24.3 Å². The molecule has 1 amide bonds. The third-order valence-corrected chi connectivity index (χ3v) is 2.16. The van der Waals surface area contributed by atoms with Crippen LogP contribution >= 0.6 is 0 Å². The van der Waals surface area contributed by atoms with E-state index in [0.717, 1.165) is 0 Å². The fourth-order valence-electron chi connectivity index (χ4n) is 1.32. The van der Waals surface area contributed by atoms with Crippen molar-refractivity contribution >= 4 is 11.6 Å². The summed E-state index contributed by atoms with van der Waals surface area (Å²) in [6.45, 7) is 0.327. The summed E-state index contributed by atoms with van der Waals surface area (Å²) >= 11 is 0. The second-order valence-electron chi connectivity index (χ2n) is 3.34. The summed E-state index contributed by atoms with van der Waals surface area (Å²) < 4.78 is 5.10. The van der Waals surface area contributed by atoms with Gasteiger partial charge in [0, 0.05) is 6.20 Å². The lowest BCUT2D eigenvalue weighted by Gasteiger charge is -2.04. The molecule has 2 heterocycles. The zero-order chi connectivity index (χ0) is 12.1. The summed E-state index contributed by atoms with van der Waals surface area (Å²) in [5.41, 5.74) is 3.38. The molecule has 0 bridgehead atoms. The van der Waals surface area contributed by atoms with Gasteiger partial charge in [-0.2, -0.15) is 0 Å². The predicted molar refractivity (Wildman–Crippen MR) is 61.9 cm³/mol. The maximum atomic E-state index is 11.7. The predicted octanol–water partition coefficient (Wildman–Crippen LogP) is 0.890. The van der Waals surface area contributed by atoms with Gasteiger partial charge in [-0.1, -0.05) is 0 Å². The molecule has 0 unspecified atom stereocenters. The first-order valence-corrected chi connectivity index (χ1v) is 5.03. The molecule has 0 aliphatic rings. The highest BCUT2D eigenvalue weighted by atomic mass is 16.3. The van der Waals surface area contributed by atoms with Crippen LogP contribution in [-0.2, 0) is 6.54 Å². The van der Waals surface area contributed by atoms with Crippen molar-refractivity contribution in [1.29, 1.82) is 0 Å². The molecule has 0 atom stereocenters. The Bertz CT molecular complexity index is 496. The molecule has 2 aromatic rings. The first kappa shape index (κ1) is 11.2. The van der Waals surface area contributed by atoms with Gasteiger partial charge in [-0.15, -0.1) is 0 Å². The van der Waals surface area contributed by atoms with Crippen LogP contribution in [0.4, 0.5) is 5.69 Å². The highest BCUT2D eigenvalue weighted by Crippen LogP contribution is 2.06. The molecule has 6 heteroatoms. The highest BCUT2D eigenvalue weighted by Gasteiger charge is 2.07. The van der Waals surface area contributed by atoms with E-state index in [-0.39, 0.29) is 5.91 Å². The van der Waals surface area contributed by atoms with Gasteiger partial charge in [0.05, 0.1) is 18.5 Å². The van der Waals surface area contributed by atoms with E-state index >= 15 is 0 Å². The maximum absolute atomic E-state index is 11.7. The minimum Gasteiger partial charge on any atom is -0.467 e. The lowest BCUT2D eigenvalue weighted by molar-refractivity contribution is 0.0943. The van der Waals surface area contributed by atoms with Crippen LogP contribution in [0.2, 0.25) is 0 Å². The minimum absolute atomic E-state index is 0.279. The molecule has 2 aromatic heterocycles. The standard InChI is InChI=1S/C11H12N4O2/c12-15-8-3-4-13-10(6-8)11(16)14-7-9-2-1-5-17-9/h1-6H,7,12H2,(H,13,15)(H,14,16). The van der Waals surface area contributed by atoms with Gasteiger partial charge >= 0.3 is 0 Å². The van der Waals surface area contributed by atoms with E-state index in [1.807, 2.05) is 0 Å². The van der Waals surface area contributed by atoms with E-state index in [1.54, 1.807) is 30.5 Å². The molecule has 4 N–H and O–H groups in total. The van der Waals surface area contributed by atoms with Gasteiger partial charge in [-0.3, -0.25) is 15.6 Å². The second kappa shape index (κ2) is 5.13. The number of hydrogen-bond donors (Lipinski definition) is 3. The molecule has 6 nitrogen and oxygen atoms in total. The number of hydrogen-bond acceptors (Lipinski definition) is 5. The zero-order valence-electron chi connectivity index (χ0n) is 9.01. The molecule has 0 aromatic carbocycles. The summed E-state index contributed by atoms with van der Waals surface area (Å²) in [5, 5.41) is 2.69. The van der Waals surface area contributed by atoms with Gasteiger partial charge in [0.15, 0.2) is 0 Å². The Morgan fingerprint density at radius 2 is 2.35 bits per heavy atom. The van der Waals surface area contributed by atoms with Crippen LogP contribution < -0.4 is 16.6 Å². The number of anilines is 1. The van der Waals surface area contributed by atoms with Gasteiger partial charge in [0.2, 0.25) is 0 Å². The first-order chi connectivity index (χ1) is 8.29. The molecule has 0 fully saturated rings. The summed E-state index contributed by atoms with van der Waals surface area (Å²) in [6, 6.07) is 6.78. The van der Waals surface area contributed by atoms with Crippen molar-refractivity contribution in [3.63, 3.8) is 0 Å². The lowest BCUT2D eigenvalue weighted by atomic mass is 10.3.